The maximum Gasteiger partial charge on any atom is 0.433 e. The molecule has 0 radical (unpaired) electrons. The molecule has 0 aliphatic heterocycles. The fourth-order valence-corrected chi connectivity index (χ4v) is 2.16. The van der Waals surface area contributed by atoms with Gasteiger partial charge in [-0.1, -0.05) is 11.6 Å². The van der Waals surface area contributed by atoms with Crippen molar-refractivity contribution in [1.29, 1.82) is 0 Å². The van der Waals surface area contributed by atoms with Crippen LogP contribution >= 0.6 is 11.6 Å². The van der Waals surface area contributed by atoms with Gasteiger partial charge >= 0.3 is 6.18 Å². The van der Waals surface area contributed by atoms with E-state index >= 15 is 0 Å². The Balaban J connectivity index is 2.95. The summed E-state index contributed by atoms with van der Waals surface area (Å²) in [5.74, 6) is 4.47. The molecule has 0 saturated heterocycles. The SMILES string of the molecule is Cc1c(C(F)(F)F)nc2cc(F)cc(Cl)c2c1NN. The van der Waals surface area contributed by atoms with Gasteiger partial charge in [-0.2, -0.15) is 13.2 Å². The Labute approximate surface area is 110 Å². The lowest BCUT2D eigenvalue weighted by atomic mass is 10.1. The number of nitrogen functional groups attached to an aromatic ring is 1. The molecule has 1 heterocycles. The van der Waals surface area contributed by atoms with Crippen molar-refractivity contribution in [3.63, 3.8) is 0 Å². The van der Waals surface area contributed by atoms with E-state index < -0.39 is 17.7 Å². The molecule has 0 unspecified atom stereocenters. The maximum atomic E-state index is 13.2. The van der Waals surface area contributed by atoms with E-state index in [0.29, 0.717) is 0 Å². The maximum absolute atomic E-state index is 13.2. The predicted molar refractivity (Wildman–Crippen MR) is 64.3 cm³/mol. The number of anilines is 1. The summed E-state index contributed by atoms with van der Waals surface area (Å²) >= 11 is 5.83. The number of hydrogen-bond donors (Lipinski definition) is 2. The highest BCUT2D eigenvalue weighted by molar-refractivity contribution is 6.36. The van der Waals surface area contributed by atoms with Crippen LogP contribution in [0.4, 0.5) is 23.2 Å². The van der Waals surface area contributed by atoms with E-state index in [2.05, 4.69) is 10.4 Å². The molecular formula is C11H8ClF4N3. The fourth-order valence-electron chi connectivity index (χ4n) is 1.86. The average molecular weight is 294 g/mol. The van der Waals surface area contributed by atoms with Crippen molar-refractivity contribution in [2.45, 2.75) is 13.1 Å². The number of nitrogens with two attached hydrogens (primary N) is 1. The van der Waals surface area contributed by atoms with Crippen LogP contribution in [0.15, 0.2) is 12.1 Å². The second-order valence-electron chi connectivity index (χ2n) is 3.88. The second-order valence-corrected chi connectivity index (χ2v) is 4.29. The molecule has 3 N–H and O–H groups in total. The number of fused-ring (bicyclic) bond motifs is 1. The third-order valence-corrected chi connectivity index (χ3v) is 2.96. The van der Waals surface area contributed by atoms with Crippen molar-refractivity contribution in [3.8, 4) is 0 Å². The Bertz CT molecular complexity index is 655. The predicted octanol–water partition coefficient (Wildman–Crippen LogP) is 3.64. The van der Waals surface area contributed by atoms with E-state index in [1.807, 2.05) is 0 Å². The normalized spacial score (nSPS) is 11.9. The van der Waals surface area contributed by atoms with Gasteiger partial charge in [0.1, 0.15) is 11.5 Å². The van der Waals surface area contributed by atoms with Gasteiger partial charge in [-0.05, 0) is 13.0 Å². The smallest absolute Gasteiger partial charge is 0.323 e. The minimum Gasteiger partial charge on any atom is -0.323 e. The Hall–Kier alpha value is -1.60. The molecule has 19 heavy (non-hydrogen) atoms. The van der Waals surface area contributed by atoms with Crippen LogP contribution in [0.3, 0.4) is 0 Å². The molecule has 0 saturated carbocycles. The minimum atomic E-state index is -4.66. The zero-order valence-corrected chi connectivity index (χ0v) is 10.3. The molecular weight excluding hydrogens is 286 g/mol. The number of alkyl halides is 3. The van der Waals surface area contributed by atoms with Crippen molar-refractivity contribution in [1.82, 2.24) is 4.98 Å². The molecule has 1 aromatic carbocycles. The van der Waals surface area contributed by atoms with Crippen LogP contribution in [0.2, 0.25) is 5.02 Å². The number of rotatable bonds is 1. The van der Waals surface area contributed by atoms with Crippen LogP contribution < -0.4 is 11.3 Å². The van der Waals surface area contributed by atoms with Crippen molar-refractivity contribution >= 4 is 28.2 Å². The van der Waals surface area contributed by atoms with Crippen LogP contribution in [0.1, 0.15) is 11.3 Å². The van der Waals surface area contributed by atoms with Crippen LogP contribution in [0.25, 0.3) is 10.9 Å². The topological polar surface area (TPSA) is 50.9 Å². The number of hydrogen-bond acceptors (Lipinski definition) is 3. The quantitative estimate of drug-likeness (QED) is 0.479. The fraction of sp³-hybridized carbons (Fsp3) is 0.182. The molecule has 102 valence electrons. The van der Waals surface area contributed by atoms with Gasteiger partial charge in [-0.3, -0.25) is 5.84 Å². The lowest BCUT2D eigenvalue weighted by Crippen LogP contribution is -2.16. The summed E-state index contributed by atoms with van der Waals surface area (Å²) in [4.78, 5) is 3.43. The summed E-state index contributed by atoms with van der Waals surface area (Å²) in [6, 6.07) is 1.86. The van der Waals surface area contributed by atoms with Crippen molar-refractivity contribution in [2.24, 2.45) is 5.84 Å². The van der Waals surface area contributed by atoms with E-state index in [1.54, 1.807) is 0 Å². The highest BCUT2D eigenvalue weighted by atomic mass is 35.5. The Morgan fingerprint density at radius 2 is 1.95 bits per heavy atom. The zero-order valence-electron chi connectivity index (χ0n) is 9.57. The van der Waals surface area contributed by atoms with E-state index in [0.717, 1.165) is 12.1 Å². The van der Waals surface area contributed by atoms with Crippen molar-refractivity contribution in [3.05, 3.63) is 34.2 Å². The van der Waals surface area contributed by atoms with Gasteiger partial charge in [0.25, 0.3) is 0 Å². The van der Waals surface area contributed by atoms with Crippen LogP contribution in [-0.4, -0.2) is 4.98 Å². The first-order valence-corrected chi connectivity index (χ1v) is 5.46. The van der Waals surface area contributed by atoms with Gasteiger partial charge in [0.15, 0.2) is 0 Å². The molecule has 3 nitrogen and oxygen atoms in total. The summed E-state index contributed by atoms with van der Waals surface area (Å²) < 4.78 is 51.7. The summed E-state index contributed by atoms with van der Waals surface area (Å²) in [5, 5.41) is 0.0864. The highest BCUT2D eigenvalue weighted by Gasteiger charge is 2.36. The number of nitrogens with zero attached hydrogens (tertiary/aromatic N) is 1. The zero-order chi connectivity index (χ0) is 14.4. The van der Waals surface area contributed by atoms with Gasteiger partial charge in [0.05, 0.1) is 16.2 Å². The molecule has 0 atom stereocenters. The van der Waals surface area contributed by atoms with Gasteiger partial charge in [-0.25, -0.2) is 9.37 Å². The van der Waals surface area contributed by atoms with Gasteiger partial charge in [0, 0.05) is 17.0 Å². The van der Waals surface area contributed by atoms with E-state index in [4.69, 9.17) is 17.4 Å². The van der Waals surface area contributed by atoms with Crippen LogP contribution in [0.5, 0.6) is 0 Å². The van der Waals surface area contributed by atoms with E-state index in [9.17, 15) is 17.6 Å². The average Bonchev–Trinajstić information content (AvgIpc) is 2.27. The third kappa shape index (κ3) is 2.31. The Morgan fingerprint density at radius 3 is 2.47 bits per heavy atom. The van der Waals surface area contributed by atoms with Crippen LogP contribution in [-0.2, 0) is 6.18 Å². The number of aromatic nitrogens is 1. The molecule has 0 aliphatic rings. The molecule has 2 rings (SSSR count). The summed E-state index contributed by atoms with van der Waals surface area (Å²) in [7, 11) is 0. The molecule has 1 aromatic heterocycles. The first kappa shape index (κ1) is 13.8. The lowest BCUT2D eigenvalue weighted by Gasteiger charge is -2.16. The second kappa shape index (κ2) is 4.50. The summed E-state index contributed by atoms with van der Waals surface area (Å²) in [6.07, 6.45) is -4.66. The number of halogens is 5. The Morgan fingerprint density at radius 1 is 1.32 bits per heavy atom. The number of nitrogens with one attached hydrogen (secondary N) is 1. The molecule has 2 aromatic rings. The highest BCUT2D eigenvalue weighted by Crippen LogP contribution is 2.39. The minimum absolute atomic E-state index is 0.0256. The van der Waals surface area contributed by atoms with Crippen molar-refractivity contribution in [2.75, 3.05) is 5.43 Å². The first-order chi connectivity index (χ1) is 8.75. The van der Waals surface area contributed by atoms with Gasteiger partial charge < -0.3 is 5.43 Å². The molecule has 0 fully saturated rings. The molecule has 0 spiro atoms. The van der Waals surface area contributed by atoms with Crippen molar-refractivity contribution < 1.29 is 17.6 Å². The number of benzene rings is 1. The molecule has 0 bridgehead atoms. The van der Waals surface area contributed by atoms with E-state index in [1.165, 1.54) is 6.92 Å². The van der Waals surface area contributed by atoms with Gasteiger partial charge in [0.2, 0.25) is 0 Å². The molecule has 0 amide bonds. The van der Waals surface area contributed by atoms with E-state index in [-0.39, 0.29) is 27.2 Å². The summed E-state index contributed by atoms with van der Waals surface area (Å²) in [6.45, 7) is 1.21. The number of pyridine rings is 1. The van der Waals surface area contributed by atoms with Gasteiger partial charge in [-0.15, -0.1) is 0 Å². The third-order valence-electron chi connectivity index (χ3n) is 2.66. The Kier molecular flexibility index (Phi) is 3.27. The summed E-state index contributed by atoms with van der Waals surface area (Å²) in [5.41, 5.74) is 0.598. The number of hydrazine groups is 1. The molecule has 8 heteroatoms. The molecule has 0 aliphatic carbocycles. The standard InChI is InChI=1S/C11H8ClF4N3/c1-4-9(19-17)8-6(12)2-5(13)3-7(8)18-10(4)11(14,15)16/h2-3H,17H2,1H3,(H,18,19). The first-order valence-electron chi connectivity index (χ1n) is 5.09. The lowest BCUT2D eigenvalue weighted by molar-refractivity contribution is -0.141. The monoisotopic (exact) mass is 293 g/mol. The van der Waals surface area contributed by atoms with Crippen LogP contribution in [0, 0.1) is 12.7 Å². The largest absolute Gasteiger partial charge is 0.433 e.